The van der Waals surface area contributed by atoms with Gasteiger partial charge in [0, 0.05) is 43.7 Å². The summed E-state index contributed by atoms with van der Waals surface area (Å²) >= 11 is 1.16. The zero-order valence-electron chi connectivity index (χ0n) is 17.2. The predicted octanol–water partition coefficient (Wildman–Crippen LogP) is 5.14. The summed E-state index contributed by atoms with van der Waals surface area (Å²) in [5.74, 6) is 0.438. The maximum absolute atomic E-state index is 13.8. The first-order valence-electron chi connectivity index (χ1n) is 10.0. The molecule has 3 aromatic rings. The summed E-state index contributed by atoms with van der Waals surface area (Å²) in [6, 6.07) is 11.6. The molecule has 2 aromatic heterocycles. The van der Waals surface area contributed by atoms with E-state index in [1.807, 2.05) is 18.2 Å². The minimum absolute atomic E-state index is 0.102. The van der Waals surface area contributed by atoms with Crippen molar-refractivity contribution in [3.63, 3.8) is 0 Å². The highest BCUT2D eigenvalue weighted by Gasteiger charge is 2.35. The first-order valence-corrected chi connectivity index (χ1v) is 10.8. The second-order valence-corrected chi connectivity index (χ2v) is 8.15. The van der Waals surface area contributed by atoms with E-state index in [1.165, 1.54) is 18.2 Å². The minimum atomic E-state index is -4.62. The van der Waals surface area contributed by atoms with Gasteiger partial charge in [-0.1, -0.05) is 12.1 Å². The maximum atomic E-state index is 13.8. The van der Waals surface area contributed by atoms with Gasteiger partial charge < -0.3 is 14.9 Å². The van der Waals surface area contributed by atoms with E-state index in [-0.39, 0.29) is 17.1 Å². The molecule has 32 heavy (non-hydrogen) atoms. The zero-order valence-corrected chi connectivity index (χ0v) is 18.0. The van der Waals surface area contributed by atoms with Gasteiger partial charge in [0.2, 0.25) is 0 Å². The Kier molecular flexibility index (Phi) is 6.52. The van der Waals surface area contributed by atoms with E-state index >= 15 is 0 Å². The van der Waals surface area contributed by atoms with Crippen molar-refractivity contribution < 1.29 is 17.6 Å². The number of aromatic nitrogens is 2. The highest BCUT2D eigenvalue weighted by atomic mass is 32.2. The Balaban J connectivity index is 1.59. The Morgan fingerprint density at radius 1 is 1.03 bits per heavy atom. The number of nitrogens with zero attached hydrogens (tertiary/aromatic N) is 3. The fraction of sp³-hybridized carbons (Fsp3) is 0.273. The molecule has 0 unspecified atom stereocenters. The lowest BCUT2D eigenvalue weighted by Crippen LogP contribution is -2.43. The SMILES string of the molecule is Cc1ccc(F)cc1-c1nc(NSc2cccc(N3CCNCC3)n2)ccc1C(F)(F)F. The first-order chi connectivity index (χ1) is 15.3. The summed E-state index contributed by atoms with van der Waals surface area (Å²) in [6.07, 6.45) is -4.62. The summed E-state index contributed by atoms with van der Waals surface area (Å²) in [6.45, 7) is 5.10. The molecule has 10 heteroatoms. The summed E-state index contributed by atoms with van der Waals surface area (Å²) in [4.78, 5) is 11.0. The van der Waals surface area contributed by atoms with Crippen molar-refractivity contribution >= 4 is 23.6 Å². The standard InChI is InChI=1S/C22H21F4N5S/c1-14-5-6-15(23)13-16(14)21-17(22(24,25)26)7-8-18(28-21)30-32-20-4-2-3-19(29-20)31-11-9-27-10-12-31/h2-8,13,27H,9-12H2,1H3,(H,28,30). The molecule has 0 amide bonds. The Morgan fingerprint density at radius 3 is 2.56 bits per heavy atom. The average Bonchev–Trinajstić information content (AvgIpc) is 2.79. The summed E-state index contributed by atoms with van der Waals surface area (Å²) < 4.78 is 57.5. The number of pyridine rings is 2. The predicted molar refractivity (Wildman–Crippen MR) is 118 cm³/mol. The normalized spacial score (nSPS) is 14.5. The fourth-order valence-electron chi connectivity index (χ4n) is 3.43. The van der Waals surface area contributed by atoms with Crippen LogP contribution in [0.2, 0.25) is 0 Å². The average molecular weight is 464 g/mol. The number of benzene rings is 1. The van der Waals surface area contributed by atoms with Crippen LogP contribution in [0.15, 0.2) is 53.6 Å². The Labute approximate surface area is 187 Å². The van der Waals surface area contributed by atoms with E-state index in [0.29, 0.717) is 10.6 Å². The molecule has 3 heterocycles. The molecule has 4 rings (SSSR count). The largest absolute Gasteiger partial charge is 0.418 e. The van der Waals surface area contributed by atoms with Crippen molar-refractivity contribution in [3.05, 3.63) is 65.5 Å². The van der Waals surface area contributed by atoms with Crippen LogP contribution < -0.4 is 14.9 Å². The highest BCUT2D eigenvalue weighted by molar-refractivity contribution is 8.00. The van der Waals surface area contributed by atoms with Crippen LogP contribution in [-0.2, 0) is 6.18 Å². The van der Waals surface area contributed by atoms with E-state index in [9.17, 15) is 17.6 Å². The first kappa shape index (κ1) is 22.3. The summed E-state index contributed by atoms with van der Waals surface area (Å²) in [5.41, 5.74) is -0.632. The molecule has 1 saturated heterocycles. The second-order valence-electron chi connectivity index (χ2n) is 7.32. The quantitative estimate of drug-likeness (QED) is 0.404. The second kappa shape index (κ2) is 9.33. The number of hydrogen-bond donors (Lipinski definition) is 2. The van der Waals surface area contributed by atoms with Gasteiger partial charge in [-0.25, -0.2) is 14.4 Å². The highest BCUT2D eigenvalue weighted by Crippen LogP contribution is 2.38. The molecule has 1 aliphatic heterocycles. The lowest BCUT2D eigenvalue weighted by molar-refractivity contribution is -0.137. The summed E-state index contributed by atoms with van der Waals surface area (Å²) in [5, 5.41) is 3.95. The van der Waals surface area contributed by atoms with Gasteiger partial charge in [0.05, 0.1) is 11.3 Å². The van der Waals surface area contributed by atoms with E-state index in [4.69, 9.17) is 0 Å². The van der Waals surface area contributed by atoms with Crippen LogP contribution in [0.3, 0.4) is 0 Å². The zero-order chi connectivity index (χ0) is 22.7. The molecule has 168 valence electrons. The van der Waals surface area contributed by atoms with Gasteiger partial charge in [0.25, 0.3) is 0 Å². The minimum Gasteiger partial charge on any atom is -0.354 e. The van der Waals surface area contributed by atoms with Gasteiger partial charge in [-0.05, 0) is 48.9 Å². The Morgan fingerprint density at radius 2 is 1.81 bits per heavy atom. The molecular formula is C22H21F4N5S. The summed E-state index contributed by atoms with van der Waals surface area (Å²) in [7, 11) is 0. The van der Waals surface area contributed by atoms with Crippen LogP contribution in [0.1, 0.15) is 11.1 Å². The number of rotatable bonds is 5. The van der Waals surface area contributed by atoms with Crippen molar-refractivity contribution in [2.75, 3.05) is 35.8 Å². The van der Waals surface area contributed by atoms with Crippen LogP contribution in [0.25, 0.3) is 11.3 Å². The third kappa shape index (κ3) is 5.13. The van der Waals surface area contributed by atoms with Gasteiger partial charge in [-0.3, -0.25) is 0 Å². The number of halogens is 4. The van der Waals surface area contributed by atoms with E-state index < -0.39 is 17.6 Å². The van der Waals surface area contributed by atoms with Crippen LogP contribution in [0.4, 0.5) is 29.2 Å². The lowest BCUT2D eigenvalue weighted by Gasteiger charge is -2.28. The molecule has 0 radical (unpaired) electrons. The molecule has 0 aliphatic carbocycles. The van der Waals surface area contributed by atoms with Gasteiger partial charge in [0.15, 0.2) is 0 Å². The molecule has 2 N–H and O–H groups in total. The topological polar surface area (TPSA) is 53.1 Å². The molecule has 1 aliphatic rings. The Hall–Kier alpha value is -2.85. The molecular weight excluding hydrogens is 442 g/mol. The smallest absolute Gasteiger partial charge is 0.354 e. The van der Waals surface area contributed by atoms with Crippen molar-refractivity contribution in [1.82, 2.24) is 15.3 Å². The van der Waals surface area contributed by atoms with Crippen molar-refractivity contribution in [2.24, 2.45) is 0 Å². The van der Waals surface area contributed by atoms with Crippen LogP contribution >= 0.6 is 11.9 Å². The van der Waals surface area contributed by atoms with E-state index in [2.05, 4.69) is 24.9 Å². The third-order valence-electron chi connectivity index (χ3n) is 5.07. The van der Waals surface area contributed by atoms with Gasteiger partial charge in [-0.15, -0.1) is 0 Å². The molecule has 0 bridgehead atoms. The number of nitrogens with one attached hydrogen (secondary N) is 2. The van der Waals surface area contributed by atoms with Crippen molar-refractivity contribution in [1.29, 1.82) is 0 Å². The van der Waals surface area contributed by atoms with Crippen molar-refractivity contribution in [3.8, 4) is 11.3 Å². The van der Waals surface area contributed by atoms with E-state index in [1.54, 1.807) is 6.92 Å². The number of piperazine rings is 1. The molecule has 1 fully saturated rings. The van der Waals surface area contributed by atoms with Gasteiger partial charge in [-0.2, -0.15) is 13.2 Å². The Bertz CT molecular complexity index is 1100. The number of aryl methyl sites for hydroxylation is 1. The van der Waals surface area contributed by atoms with Crippen LogP contribution in [0, 0.1) is 12.7 Å². The fourth-order valence-corrected chi connectivity index (χ4v) is 4.04. The molecule has 1 aromatic carbocycles. The molecule has 0 spiro atoms. The van der Waals surface area contributed by atoms with Crippen LogP contribution in [0.5, 0.6) is 0 Å². The molecule has 0 atom stereocenters. The van der Waals surface area contributed by atoms with Crippen molar-refractivity contribution in [2.45, 2.75) is 18.1 Å². The van der Waals surface area contributed by atoms with Crippen LogP contribution in [-0.4, -0.2) is 36.1 Å². The number of alkyl halides is 3. The maximum Gasteiger partial charge on any atom is 0.418 e. The number of hydrogen-bond acceptors (Lipinski definition) is 6. The molecule has 5 nitrogen and oxygen atoms in total. The van der Waals surface area contributed by atoms with E-state index in [0.717, 1.165) is 56.1 Å². The lowest BCUT2D eigenvalue weighted by atomic mass is 10.0. The van der Waals surface area contributed by atoms with Gasteiger partial charge >= 0.3 is 6.18 Å². The third-order valence-corrected chi connectivity index (χ3v) is 5.81. The molecule has 0 saturated carbocycles. The monoisotopic (exact) mass is 463 g/mol. The van der Waals surface area contributed by atoms with Gasteiger partial charge in [0.1, 0.15) is 22.5 Å². The number of anilines is 2.